The molecule has 1 aromatic heterocycles. The molecule has 3 aromatic rings. The molecule has 160 valence electrons. The summed E-state index contributed by atoms with van der Waals surface area (Å²) in [7, 11) is 0. The lowest BCUT2D eigenvalue weighted by molar-refractivity contribution is -0.121. The van der Waals surface area contributed by atoms with Crippen LogP contribution in [0, 0.1) is 5.92 Å². The van der Waals surface area contributed by atoms with Crippen LogP contribution in [0.3, 0.4) is 0 Å². The van der Waals surface area contributed by atoms with Crippen LogP contribution in [0.25, 0.3) is 11.4 Å². The van der Waals surface area contributed by atoms with E-state index in [0.29, 0.717) is 24.7 Å². The third-order valence-corrected chi connectivity index (χ3v) is 5.29. The lowest BCUT2D eigenvalue weighted by Gasteiger charge is -2.08. The maximum absolute atomic E-state index is 12.2. The number of aryl methyl sites for hydroxylation is 2. The van der Waals surface area contributed by atoms with Gasteiger partial charge in [0.15, 0.2) is 0 Å². The molecule has 1 aliphatic carbocycles. The van der Waals surface area contributed by atoms with Crippen molar-refractivity contribution in [2.75, 3.05) is 5.32 Å². The van der Waals surface area contributed by atoms with Crippen LogP contribution in [0.15, 0.2) is 53.1 Å². The predicted octanol–water partition coefficient (Wildman–Crippen LogP) is 3.90. The normalized spacial score (nSPS) is 13.1. The first-order valence-corrected chi connectivity index (χ1v) is 10.7. The minimum atomic E-state index is -0.0977. The van der Waals surface area contributed by atoms with Crippen molar-refractivity contribution in [3.05, 3.63) is 65.5 Å². The zero-order chi connectivity index (χ0) is 21.6. The molecule has 0 aliphatic heterocycles. The highest BCUT2D eigenvalue weighted by Crippen LogP contribution is 2.30. The van der Waals surface area contributed by atoms with Gasteiger partial charge in [-0.05, 0) is 42.5 Å². The maximum atomic E-state index is 12.2. The van der Waals surface area contributed by atoms with Gasteiger partial charge in [0.25, 0.3) is 0 Å². The minimum Gasteiger partial charge on any atom is -0.352 e. The number of carbonyl (C=O) groups excluding carboxylic acids is 2. The van der Waals surface area contributed by atoms with Gasteiger partial charge in [-0.2, -0.15) is 4.98 Å². The number of aromatic nitrogens is 2. The highest BCUT2D eigenvalue weighted by atomic mass is 16.5. The van der Waals surface area contributed by atoms with Crippen molar-refractivity contribution in [2.24, 2.45) is 5.92 Å². The molecule has 1 heterocycles. The van der Waals surface area contributed by atoms with Gasteiger partial charge in [-0.1, -0.05) is 48.5 Å². The Bertz CT molecular complexity index is 1050. The van der Waals surface area contributed by atoms with E-state index in [0.717, 1.165) is 36.1 Å². The maximum Gasteiger partial charge on any atom is 0.227 e. The summed E-state index contributed by atoms with van der Waals surface area (Å²) < 4.78 is 5.28. The largest absolute Gasteiger partial charge is 0.352 e. The van der Waals surface area contributed by atoms with Gasteiger partial charge >= 0.3 is 0 Å². The first-order chi connectivity index (χ1) is 15.1. The molecule has 2 aromatic carbocycles. The van der Waals surface area contributed by atoms with Crippen LogP contribution >= 0.6 is 0 Å². The van der Waals surface area contributed by atoms with E-state index in [9.17, 15) is 9.59 Å². The van der Waals surface area contributed by atoms with Crippen LogP contribution in [-0.4, -0.2) is 22.0 Å². The molecule has 1 saturated carbocycles. The third-order valence-electron chi connectivity index (χ3n) is 5.29. The number of rotatable bonds is 9. The summed E-state index contributed by atoms with van der Waals surface area (Å²) in [6.07, 6.45) is 3.55. The Balaban J connectivity index is 1.24. The van der Waals surface area contributed by atoms with Gasteiger partial charge in [0.2, 0.25) is 23.5 Å². The Morgan fingerprint density at radius 2 is 1.90 bits per heavy atom. The average Bonchev–Trinajstić information content (AvgIpc) is 3.55. The van der Waals surface area contributed by atoms with Gasteiger partial charge in [0, 0.05) is 36.6 Å². The summed E-state index contributed by atoms with van der Waals surface area (Å²) in [5, 5.41) is 9.83. The van der Waals surface area contributed by atoms with Crippen LogP contribution in [0.1, 0.15) is 43.2 Å². The van der Waals surface area contributed by atoms with E-state index in [-0.39, 0.29) is 24.2 Å². The van der Waals surface area contributed by atoms with Crippen molar-refractivity contribution in [2.45, 2.75) is 45.6 Å². The van der Waals surface area contributed by atoms with E-state index in [2.05, 4.69) is 27.7 Å². The van der Waals surface area contributed by atoms with Gasteiger partial charge in [-0.15, -0.1) is 0 Å². The van der Waals surface area contributed by atoms with Gasteiger partial charge < -0.3 is 15.2 Å². The first kappa shape index (κ1) is 20.8. The summed E-state index contributed by atoms with van der Waals surface area (Å²) in [4.78, 5) is 28.5. The molecule has 2 amide bonds. The Kier molecular flexibility index (Phi) is 6.40. The number of carbonyl (C=O) groups is 2. The highest BCUT2D eigenvalue weighted by molar-refractivity contribution is 5.94. The molecule has 0 atom stereocenters. The zero-order valence-corrected chi connectivity index (χ0v) is 17.6. The molecule has 0 bridgehead atoms. The smallest absolute Gasteiger partial charge is 0.227 e. The van der Waals surface area contributed by atoms with Crippen LogP contribution in [0.2, 0.25) is 0 Å². The Labute approximate surface area is 181 Å². The second kappa shape index (κ2) is 9.55. The number of hydrogen-bond donors (Lipinski definition) is 2. The summed E-state index contributed by atoms with van der Waals surface area (Å²) in [5.74, 6) is 1.10. The van der Waals surface area contributed by atoms with E-state index >= 15 is 0 Å². The van der Waals surface area contributed by atoms with Crippen LogP contribution in [0.4, 0.5) is 5.69 Å². The van der Waals surface area contributed by atoms with Crippen molar-refractivity contribution in [1.29, 1.82) is 0 Å². The van der Waals surface area contributed by atoms with Crippen LogP contribution in [0.5, 0.6) is 0 Å². The molecule has 0 unspecified atom stereocenters. The van der Waals surface area contributed by atoms with Crippen LogP contribution < -0.4 is 10.6 Å². The topological polar surface area (TPSA) is 97.1 Å². The lowest BCUT2D eigenvalue weighted by Crippen LogP contribution is -2.23. The second-order valence-corrected chi connectivity index (χ2v) is 7.80. The highest BCUT2D eigenvalue weighted by Gasteiger charge is 2.29. The number of nitrogens with one attached hydrogen (secondary N) is 2. The molecule has 1 aliphatic rings. The summed E-state index contributed by atoms with van der Waals surface area (Å²) in [5.41, 5.74) is 3.83. The fraction of sp³-hybridized carbons (Fsp3) is 0.333. The monoisotopic (exact) mass is 418 g/mol. The Hall–Kier alpha value is -3.48. The number of anilines is 1. The van der Waals surface area contributed by atoms with E-state index in [1.54, 1.807) is 0 Å². The second-order valence-electron chi connectivity index (χ2n) is 7.80. The van der Waals surface area contributed by atoms with Gasteiger partial charge in [0.05, 0.1) is 0 Å². The number of hydrogen-bond acceptors (Lipinski definition) is 5. The Morgan fingerprint density at radius 1 is 1.10 bits per heavy atom. The zero-order valence-electron chi connectivity index (χ0n) is 17.6. The Morgan fingerprint density at radius 3 is 2.65 bits per heavy atom. The number of amides is 2. The molecule has 31 heavy (non-hydrogen) atoms. The van der Waals surface area contributed by atoms with Gasteiger partial charge in [0.1, 0.15) is 0 Å². The van der Waals surface area contributed by atoms with Crippen molar-refractivity contribution in [1.82, 2.24) is 15.5 Å². The number of benzene rings is 2. The fourth-order valence-electron chi connectivity index (χ4n) is 3.22. The summed E-state index contributed by atoms with van der Waals surface area (Å²) in [6, 6.07) is 15.6. The van der Waals surface area contributed by atoms with Crippen molar-refractivity contribution < 1.29 is 14.1 Å². The first-order valence-electron chi connectivity index (χ1n) is 10.7. The fourth-order valence-corrected chi connectivity index (χ4v) is 3.22. The quantitative estimate of drug-likeness (QED) is 0.549. The van der Waals surface area contributed by atoms with E-state index in [1.165, 1.54) is 5.56 Å². The van der Waals surface area contributed by atoms with Crippen molar-refractivity contribution in [3.8, 4) is 11.4 Å². The van der Waals surface area contributed by atoms with Crippen molar-refractivity contribution >= 4 is 17.5 Å². The van der Waals surface area contributed by atoms with E-state index < -0.39 is 0 Å². The lowest BCUT2D eigenvalue weighted by atomic mass is 10.1. The average molecular weight is 418 g/mol. The minimum absolute atomic E-state index is 0.0708. The van der Waals surface area contributed by atoms with E-state index in [1.807, 2.05) is 48.5 Å². The molecule has 7 nitrogen and oxygen atoms in total. The van der Waals surface area contributed by atoms with E-state index in [4.69, 9.17) is 4.52 Å². The molecule has 0 radical (unpaired) electrons. The summed E-state index contributed by atoms with van der Waals surface area (Å²) >= 11 is 0. The van der Waals surface area contributed by atoms with Crippen LogP contribution in [-0.2, 0) is 29.0 Å². The SMILES string of the molecule is CCc1ccc(-c2noc(CCC(=O)NCc3cccc(NC(=O)C4CC4)c3)n2)cc1. The summed E-state index contributed by atoms with van der Waals surface area (Å²) in [6.45, 7) is 2.50. The van der Waals surface area contributed by atoms with Crippen molar-refractivity contribution in [3.63, 3.8) is 0 Å². The molecular weight excluding hydrogens is 392 g/mol. The number of nitrogens with zero attached hydrogens (tertiary/aromatic N) is 2. The van der Waals surface area contributed by atoms with Gasteiger partial charge in [-0.3, -0.25) is 9.59 Å². The standard InChI is InChI=1S/C24H26N4O3/c1-2-16-6-8-18(9-7-16)23-27-22(31-28-23)13-12-21(29)25-15-17-4-3-5-20(14-17)26-24(30)19-10-11-19/h3-9,14,19H,2,10-13,15H2,1H3,(H,25,29)(H,26,30). The molecule has 0 spiro atoms. The molecule has 7 heteroatoms. The molecule has 1 fully saturated rings. The molecule has 0 saturated heterocycles. The third kappa shape index (κ3) is 5.78. The molecule has 2 N–H and O–H groups in total. The van der Waals surface area contributed by atoms with Gasteiger partial charge in [-0.25, -0.2) is 0 Å². The molecular formula is C24H26N4O3. The molecule has 4 rings (SSSR count). The predicted molar refractivity (Wildman–Crippen MR) is 117 cm³/mol.